The van der Waals surface area contributed by atoms with Crippen molar-refractivity contribution in [3.63, 3.8) is 0 Å². The highest BCUT2D eigenvalue weighted by atomic mass is 19.1. The van der Waals surface area contributed by atoms with Gasteiger partial charge in [0.05, 0.1) is 12.0 Å². The molecule has 1 unspecified atom stereocenters. The van der Waals surface area contributed by atoms with E-state index in [4.69, 9.17) is 4.74 Å². The lowest BCUT2D eigenvalue weighted by Crippen LogP contribution is -2.21. The number of halogens is 1. The number of hydrogen-bond donors (Lipinski definition) is 0. The first kappa shape index (κ1) is 13.8. The number of Topliss-reactive ketones (excluding diaryl/α,β-unsaturated/α-hetero) is 1. The number of carbonyl (C=O) groups excluding carboxylic acids is 1. The third kappa shape index (κ3) is 2.44. The molecule has 21 heavy (non-hydrogen) atoms. The summed E-state index contributed by atoms with van der Waals surface area (Å²) in [6.45, 7) is 6.14. The van der Waals surface area contributed by atoms with E-state index < -0.39 is 5.82 Å². The molecule has 2 aromatic carbocycles. The quantitative estimate of drug-likeness (QED) is 0.773. The molecule has 1 aliphatic heterocycles. The van der Waals surface area contributed by atoms with Gasteiger partial charge in [0.1, 0.15) is 17.7 Å². The molecule has 0 N–H and O–H groups in total. The van der Waals surface area contributed by atoms with Crippen molar-refractivity contribution in [2.24, 2.45) is 0 Å². The van der Waals surface area contributed by atoms with Gasteiger partial charge in [-0.05, 0) is 61.2 Å². The van der Waals surface area contributed by atoms with Gasteiger partial charge in [0.15, 0.2) is 5.78 Å². The lowest BCUT2D eigenvalue weighted by Gasteiger charge is -2.27. The standard InChI is InChI=1S/C18H17FO2/c1-10-6-12(3)14(7-11(10)2)18-9-16(20)15-8-13(19)4-5-17(15)21-18/h4-8,18H,9H2,1-3H3. The van der Waals surface area contributed by atoms with Crippen LogP contribution in [0.1, 0.15) is 45.1 Å². The smallest absolute Gasteiger partial charge is 0.170 e. The molecule has 0 amide bonds. The van der Waals surface area contributed by atoms with Gasteiger partial charge in [-0.15, -0.1) is 0 Å². The molecule has 1 aliphatic rings. The minimum Gasteiger partial charge on any atom is -0.484 e. The molecular weight excluding hydrogens is 267 g/mol. The summed E-state index contributed by atoms with van der Waals surface area (Å²) in [7, 11) is 0. The van der Waals surface area contributed by atoms with Gasteiger partial charge in [-0.1, -0.05) is 12.1 Å². The predicted octanol–water partition coefficient (Wildman–Crippen LogP) is 4.46. The summed E-state index contributed by atoms with van der Waals surface area (Å²) in [6.07, 6.45) is -0.0467. The number of ether oxygens (including phenoxy) is 1. The second kappa shape index (κ2) is 4.99. The molecule has 0 aromatic heterocycles. The van der Waals surface area contributed by atoms with Crippen LogP contribution in [-0.4, -0.2) is 5.78 Å². The molecule has 3 rings (SSSR count). The number of ketones is 1. The van der Waals surface area contributed by atoms with Crippen molar-refractivity contribution in [2.45, 2.75) is 33.3 Å². The van der Waals surface area contributed by atoms with E-state index in [-0.39, 0.29) is 18.3 Å². The SMILES string of the molecule is Cc1cc(C)c(C2CC(=O)c3cc(F)ccc3O2)cc1C. The molecule has 0 radical (unpaired) electrons. The Morgan fingerprint density at radius 3 is 2.52 bits per heavy atom. The lowest BCUT2D eigenvalue weighted by molar-refractivity contribution is 0.0848. The van der Waals surface area contributed by atoms with Crippen molar-refractivity contribution >= 4 is 5.78 Å². The number of rotatable bonds is 1. The first-order valence-electron chi connectivity index (χ1n) is 7.03. The van der Waals surface area contributed by atoms with Gasteiger partial charge in [-0.2, -0.15) is 0 Å². The highest BCUT2D eigenvalue weighted by molar-refractivity contribution is 6.00. The highest BCUT2D eigenvalue weighted by Gasteiger charge is 2.29. The minimum atomic E-state index is -0.411. The first-order valence-corrected chi connectivity index (χ1v) is 7.03. The molecule has 1 heterocycles. The van der Waals surface area contributed by atoms with Gasteiger partial charge < -0.3 is 4.74 Å². The van der Waals surface area contributed by atoms with E-state index in [1.165, 1.54) is 29.3 Å². The van der Waals surface area contributed by atoms with Crippen LogP contribution < -0.4 is 4.74 Å². The highest BCUT2D eigenvalue weighted by Crippen LogP contribution is 2.36. The average Bonchev–Trinajstić information content (AvgIpc) is 2.43. The van der Waals surface area contributed by atoms with Gasteiger partial charge in [0.25, 0.3) is 0 Å². The van der Waals surface area contributed by atoms with Crippen molar-refractivity contribution < 1.29 is 13.9 Å². The zero-order valence-corrected chi connectivity index (χ0v) is 12.4. The largest absolute Gasteiger partial charge is 0.484 e. The molecule has 0 saturated heterocycles. The summed E-state index contributed by atoms with van der Waals surface area (Å²) in [6, 6.07) is 8.30. The third-order valence-electron chi connectivity index (χ3n) is 4.11. The van der Waals surface area contributed by atoms with Crippen LogP contribution in [0, 0.1) is 26.6 Å². The lowest BCUT2D eigenvalue weighted by atomic mass is 9.91. The van der Waals surface area contributed by atoms with Crippen molar-refractivity contribution in [1.29, 1.82) is 0 Å². The number of carbonyl (C=O) groups is 1. The van der Waals surface area contributed by atoms with Gasteiger partial charge in [0, 0.05) is 0 Å². The fourth-order valence-electron chi connectivity index (χ4n) is 2.80. The van der Waals surface area contributed by atoms with Gasteiger partial charge >= 0.3 is 0 Å². The Morgan fingerprint density at radius 2 is 1.76 bits per heavy atom. The summed E-state index contributed by atoms with van der Waals surface area (Å²) in [5.41, 5.74) is 4.88. The Bertz CT molecular complexity index is 734. The number of fused-ring (bicyclic) bond motifs is 1. The van der Waals surface area contributed by atoms with Gasteiger partial charge in [0.2, 0.25) is 0 Å². The van der Waals surface area contributed by atoms with E-state index in [0.717, 1.165) is 11.1 Å². The Hall–Kier alpha value is -2.16. The monoisotopic (exact) mass is 284 g/mol. The van der Waals surface area contributed by atoms with Crippen LogP contribution in [0.25, 0.3) is 0 Å². The van der Waals surface area contributed by atoms with Crippen LogP contribution >= 0.6 is 0 Å². The summed E-state index contributed by atoms with van der Waals surface area (Å²) in [5, 5.41) is 0. The van der Waals surface area contributed by atoms with Crippen LogP contribution in [-0.2, 0) is 0 Å². The Balaban J connectivity index is 2.02. The van der Waals surface area contributed by atoms with E-state index in [1.54, 1.807) is 0 Å². The van der Waals surface area contributed by atoms with E-state index >= 15 is 0 Å². The van der Waals surface area contributed by atoms with Crippen LogP contribution in [0.2, 0.25) is 0 Å². The molecule has 0 fully saturated rings. The normalized spacial score (nSPS) is 17.3. The van der Waals surface area contributed by atoms with Crippen LogP contribution in [0.4, 0.5) is 4.39 Å². The zero-order valence-electron chi connectivity index (χ0n) is 12.4. The fourth-order valence-corrected chi connectivity index (χ4v) is 2.80. The number of benzene rings is 2. The van der Waals surface area contributed by atoms with Gasteiger partial charge in [-0.25, -0.2) is 4.39 Å². The van der Waals surface area contributed by atoms with E-state index in [0.29, 0.717) is 11.3 Å². The molecular formula is C18H17FO2. The van der Waals surface area contributed by atoms with Crippen molar-refractivity contribution in [2.75, 3.05) is 0 Å². The topological polar surface area (TPSA) is 26.3 Å². The maximum absolute atomic E-state index is 13.2. The molecule has 0 aliphatic carbocycles. The second-order valence-corrected chi connectivity index (χ2v) is 5.67. The zero-order chi connectivity index (χ0) is 15.1. The molecule has 2 nitrogen and oxygen atoms in total. The second-order valence-electron chi connectivity index (χ2n) is 5.67. The maximum Gasteiger partial charge on any atom is 0.170 e. The molecule has 108 valence electrons. The minimum absolute atomic E-state index is 0.0709. The van der Waals surface area contributed by atoms with E-state index in [2.05, 4.69) is 19.1 Å². The molecule has 0 saturated carbocycles. The average molecular weight is 284 g/mol. The van der Waals surface area contributed by atoms with Crippen molar-refractivity contribution in [3.8, 4) is 5.75 Å². The summed E-state index contributed by atoms with van der Waals surface area (Å²) in [4.78, 5) is 12.2. The summed E-state index contributed by atoms with van der Waals surface area (Å²) < 4.78 is 19.2. The van der Waals surface area contributed by atoms with Crippen LogP contribution in [0.5, 0.6) is 5.75 Å². The van der Waals surface area contributed by atoms with Crippen LogP contribution in [0.15, 0.2) is 30.3 Å². The fraction of sp³-hybridized carbons (Fsp3) is 0.278. The number of aryl methyl sites for hydroxylation is 3. The third-order valence-corrected chi connectivity index (χ3v) is 4.11. The molecule has 3 heteroatoms. The van der Waals surface area contributed by atoms with Gasteiger partial charge in [-0.3, -0.25) is 4.79 Å². The van der Waals surface area contributed by atoms with Crippen molar-refractivity contribution in [1.82, 2.24) is 0 Å². The van der Waals surface area contributed by atoms with Crippen LogP contribution in [0.3, 0.4) is 0 Å². The van der Waals surface area contributed by atoms with Crippen molar-refractivity contribution in [3.05, 3.63) is 64.0 Å². The molecule has 0 spiro atoms. The molecule has 1 atom stereocenters. The Morgan fingerprint density at radius 1 is 1.05 bits per heavy atom. The molecule has 0 bridgehead atoms. The first-order chi connectivity index (χ1) is 9.95. The predicted molar refractivity (Wildman–Crippen MR) is 79.4 cm³/mol. The van der Waals surface area contributed by atoms with E-state index in [9.17, 15) is 9.18 Å². The number of hydrogen-bond acceptors (Lipinski definition) is 2. The Labute approximate surface area is 123 Å². The molecule has 2 aromatic rings. The van der Waals surface area contributed by atoms with E-state index in [1.807, 2.05) is 13.8 Å². The summed E-state index contributed by atoms with van der Waals surface area (Å²) in [5.74, 6) is -0.0137. The maximum atomic E-state index is 13.2. The Kier molecular flexibility index (Phi) is 3.28. The summed E-state index contributed by atoms with van der Waals surface area (Å²) >= 11 is 0.